The minimum Gasteiger partial charge on any atom is -0.494 e. The monoisotopic (exact) mass is 360 g/mol. The van der Waals surface area contributed by atoms with Crippen molar-refractivity contribution in [3.8, 4) is 16.9 Å². The van der Waals surface area contributed by atoms with Gasteiger partial charge in [-0.3, -0.25) is 14.9 Å². The Bertz CT molecular complexity index is 1100. The highest BCUT2D eigenvalue weighted by Crippen LogP contribution is 2.22. The molecule has 0 aliphatic carbocycles. The van der Waals surface area contributed by atoms with Gasteiger partial charge in [-0.05, 0) is 38.0 Å². The molecule has 6 nitrogen and oxygen atoms in total. The zero-order chi connectivity index (χ0) is 18.6. The third-order valence-corrected chi connectivity index (χ3v) is 4.52. The number of aromatic nitrogens is 4. The molecule has 1 aromatic carbocycles. The molecule has 1 N–H and O–H groups in total. The lowest BCUT2D eigenvalue weighted by Gasteiger charge is -2.08. The molecule has 0 saturated heterocycles. The maximum atomic E-state index is 12.9. The van der Waals surface area contributed by atoms with Crippen molar-refractivity contribution >= 4 is 5.65 Å². The third-order valence-electron chi connectivity index (χ3n) is 4.52. The van der Waals surface area contributed by atoms with Crippen molar-refractivity contribution in [3.05, 3.63) is 82.7 Å². The first-order valence-corrected chi connectivity index (χ1v) is 8.92. The second-order valence-corrected chi connectivity index (χ2v) is 6.33. The number of aryl methyl sites for hydroxylation is 1. The molecule has 0 radical (unpaired) electrons. The molecular weight excluding hydrogens is 340 g/mol. The number of H-pyrrole nitrogens is 1. The minimum atomic E-state index is -0.0626. The second-order valence-electron chi connectivity index (χ2n) is 6.33. The summed E-state index contributed by atoms with van der Waals surface area (Å²) in [7, 11) is 0. The summed E-state index contributed by atoms with van der Waals surface area (Å²) in [5, 5.41) is 3.02. The van der Waals surface area contributed by atoms with Crippen LogP contribution in [-0.4, -0.2) is 26.2 Å². The third kappa shape index (κ3) is 3.46. The van der Waals surface area contributed by atoms with Crippen molar-refractivity contribution in [2.75, 3.05) is 6.61 Å². The smallest absolute Gasteiger partial charge is 0.276 e. The van der Waals surface area contributed by atoms with Crippen molar-refractivity contribution in [2.45, 2.75) is 19.8 Å². The second kappa shape index (κ2) is 7.45. The molecule has 4 aromatic rings. The van der Waals surface area contributed by atoms with Gasteiger partial charge < -0.3 is 4.74 Å². The molecule has 0 atom stereocenters. The van der Waals surface area contributed by atoms with Crippen LogP contribution in [0, 0.1) is 6.92 Å². The van der Waals surface area contributed by atoms with Gasteiger partial charge in [0.2, 0.25) is 0 Å². The number of pyridine rings is 1. The predicted octanol–water partition coefficient (Wildman–Crippen LogP) is 3.40. The van der Waals surface area contributed by atoms with Crippen LogP contribution in [0.3, 0.4) is 0 Å². The van der Waals surface area contributed by atoms with Crippen LogP contribution < -0.4 is 10.3 Å². The lowest BCUT2D eigenvalue weighted by Crippen LogP contribution is -2.22. The van der Waals surface area contributed by atoms with Crippen molar-refractivity contribution < 1.29 is 4.74 Å². The quantitative estimate of drug-likeness (QED) is 0.535. The van der Waals surface area contributed by atoms with Crippen LogP contribution in [0.2, 0.25) is 0 Å². The van der Waals surface area contributed by atoms with Gasteiger partial charge in [0, 0.05) is 41.0 Å². The number of benzene rings is 1. The van der Waals surface area contributed by atoms with Crippen LogP contribution in [0.5, 0.6) is 5.75 Å². The highest BCUT2D eigenvalue weighted by Gasteiger charge is 2.14. The van der Waals surface area contributed by atoms with Gasteiger partial charge in [0.1, 0.15) is 5.75 Å². The van der Waals surface area contributed by atoms with Gasteiger partial charge >= 0.3 is 0 Å². The molecule has 3 heterocycles. The van der Waals surface area contributed by atoms with E-state index in [1.807, 2.05) is 49.4 Å². The maximum absolute atomic E-state index is 12.9. The summed E-state index contributed by atoms with van der Waals surface area (Å²) < 4.78 is 7.22. The number of fused-ring (bicyclic) bond motifs is 1. The standard InChI is InChI=1S/C21H20N4O2/c1-15-18(10-6-12-27-17-8-3-2-4-9-17)21(26)25-20(24-15)19(14-23-25)16-7-5-11-22-13-16/h2-5,7-9,11,13-14,23H,6,10,12H2,1H3. The van der Waals surface area contributed by atoms with E-state index in [-0.39, 0.29) is 5.56 Å². The largest absolute Gasteiger partial charge is 0.494 e. The van der Waals surface area contributed by atoms with Gasteiger partial charge in [-0.15, -0.1) is 0 Å². The summed E-state index contributed by atoms with van der Waals surface area (Å²) >= 11 is 0. The number of aromatic amines is 1. The van der Waals surface area contributed by atoms with Crippen LogP contribution in [0.4, 0.5) is 0 Å². The number of nitrogens with one attached hydrogen (secondary N) is 1. The fourth-order valence-electron chi connectivity index (χ4n) is 3.13. The SMILES string of the molecule is Cc1nc2c(-c3cccnc3)c[nH]n2c(=O)c1CCCOc1ccccc1. The fraction of sp³-hybridized carbons (Fsp3) is 0.190. The molecule has 0 fully saturated rings. The van der Waals surface area contributed by atoms with Crippen molar-refractivity contribution in [1.82, 2.24) is 19.6 Å². The van der Waals surface area contributed by atoms with Gasteiger partial charge in [0.05, 0.1) is 6.61 Å². The minimum absolute atomic E-state index is 0.0626. The van der Waals surface area contributed by atoms with E-state index in [0.717, 1.165) is 29.0 Å². The Kier molecular flexibility index (Phi) is 4.70. The van der Waals surface area contributed by atoms with Crippen LogP contribution in [0.25, 0.3) is 16.8 Å². The van der Waals surface area contributed by atoms with E-state index in [1.54, 1.807) is 18.6 Å². The van der Waals surface area contributed by atoms with Crippen molar-refractivity contribution in [3.63, 3.8) is 0 Å². The molecule has 0 amide bonds. The van der Waals surface area contributed by atoms with E-state index < -0.39 is 0 Å². The lowest BCUT2D eigenvalue weighted by molar-refractivity contribution is 0.310. The Balaban J connectivity index is 1.55. The zero-order valence-corrected chi connectivity index (χ0v) is 15.1. The molecule has 0 aliphatic rings. The molecule has 0 unspecified atom stereocenters. The Labute approximate surface area is 156 Å². The molecule has 0 spiro atoms. The van der Waals surface area contributed by atoms with Crippen LogP contribution >= 0.6 is 0 Å². The van der Waals surface area contributed by atoms with E-state index >= 15 is 0 Å². The lowest BCUT2D eigenvalue weighted by atomic mass is 10.1. The molecule has 4 rings (SSSR count). The van der Waals surface area contributed by atoms with Crippen molar-refractivity contribution in [1.29, 1.82) is 0 Å². The number of ether oxygens (including phenoxy) is 1. The summed E-state index contributed by atoms with van der Waals surface area (Å²) in [6, 6.07) is 13.5. The molecule has 3 aromatic heterocycles. The fourth-order valence-corrected chi connectivity index (χ4v) is 3.13. The average molecular weight is 360 g/mol. The first-order valence-electron chi connectivity index (χ1n) is 8.92. The molecule has 0 saturated carbocycles. The normalized spacial score (nSPS) is 11.0. The number of para-hydroxylation sites is 1. The summed E-state index contributed by atoms with van der Waals surface area (Å²) in [4.78, 5) is 21.7. The molecule has 27 heavy (non-hydrogen) atoms. The first kappa shape index (κ1) is 17.0. The molecule has 0 aliphatic heterocycles. The summed E-state index contributed by atoms with van der Waals surface area (Å²) in [6.07, 6.45) is 6.64. The Morgan fingerprint density at radius 3 is 2.78 bits per heavy atom. The van der Waals surface area contributed by atoms with Crippen molar-refractivity contribution in [2.24, 2.45) is 0 Å². The predicted molar refractivity (Wildman–Crippen MR) is 104 cm³/mol. The van der Waals surface area contributed by atoms with Crippen LogP contribution in [0.15, 0.2) is 65.8 Å². The summed E-state index contributed by atoms with van der Waals surface area (Å²) in [5.41, 5.74) is 3.81. The Hall–Kier alpha value is -3.41. The topological polar surface area (TPSA) is 72.3 Å². The van der Waals surface area contributed by atoms with Gasteiger partial charge in [-0.25, -0.2) is 9.50 Å². The van der Waals surface area contributed by atoms with Gasteiger partial charge in [0.25, 0.3) is 5.56 Å². The number of nitrogens with zero attached hydrogens (tertiary/aromatic N) is 3. The maximum Gasteiger partial charge on any atom is 0.276 e. The Morgan fingerprint density at radius 2 is 2.00 bits per heavy atom. The van der Waals surface area contributed by atoms with E-state index in [9.17, 15) is 4.79 Å². The van der Waals surface area contributed by atoms with E-state index in [4.69, 9.17) is 4.74 Å². The zero-order valence-electron chi connectivity index (χ0n) is 15.1. The summed E-state index contributed by atoms with van der Waals surface area (Å²) in [6.45, 7) is 2.44. The van der Waals surface area contributed by atoms with Crippen LogP contribution in [-0.2, 0) is 6.42 Å². The number of hydrogen-bond donors (Lipinski definition) is 1. The molecule has 136 valence electrons. The Morgan fingerprint density at radius 1 is 1.15 bits per heavy atom. The number of rotatable bonds is 6. The highest BCUT2D eigenvalue weighted by molar-refractivity contribution is 5.76. The van der Waals surface area contributed by atoms with E-state index in [1.165, 1.54) is 4.52 Å². The highest BCUT2D eigenvalue weighted by atomic mass is 16.5. The number of hydrogen-bond acceptors (Lipinski definition) is 4. The van der Waals surface area contributed by atoms with E-state index in [2.05, 4.69) is 15.1 Å². The molecule has 6 heteroatoms. The van der Waals surface area contributed by atoms with E-state index in [0.29, 0.717) is 24.2 Å². The van der Waals surface area contributed by atoms with Gasteiger partial charge in [-0.1, -0.05) is 24.3 Å². The van der Waals surface area contributed by atoms with Gasteiger partial charge in [-0.2, -0.15) is 0 Å². The average Bonchev–Trinajstić information content (AvgIpc) is 3.12. The van der Waals surface area contributed by atoms with Crippen LogP contribution in [0.1, 0.15) is 17.7 Å². The molecule has 0 bridgehead atoms. The van der Waals surface area contributed by atoms with Gasteiger partial charge in [0.15, 0.2) is 5.65 Å². The summed E-state index contributed by atoms with van der Waals surface area (Å²) in [5.74, 6) is 0.838. The first-order chi connectivity index (χ1) is 13.2. The molecular formula is C21H20N4O2.